The normalized spacial score (nSPS) is 11.8. The van der Waals surface area contributed by atoms with Crippen molar-refractivity contribution in [3.8, 4) is 0 Å². The van der Waals surface area contributed by atoms with Gasteiger partial charge in [-0.2, -0.15) is 0 Å². The molecule has 152 valence electrons. The van der Waals surface area contributed by atoms with Crippen LogP contribution in [0.25, 0.3) is 0 Å². The van der Waals surface area contributed by atoms with Crippen LogP contribution < -0.4 is 10.0 Å². The van der Waals surface area contributed by atoms with Gasteiger partial charge in [-0.05, 0) is 43.2 Å². The number of carbonyl (C=O) groups is 1. The highest BCUT2D eigenvalue weighted by atomic mass is 32.2. The summed E-state index contributed by atoms with van der Waals surface area (Å²) in [6.07, 6.45) is 0.757. The zero-order valence-electron chi connectivity index (χ0n) is 15.6. The predicted molar refractivity (Wildman–Crippen MR) is 110 cm³/mol. The Labute approximate surface area is 166 Å². The second kappa shape index (κ2) is 9.70. The molecule has 0 atom stereocenters. The summed E-state index contributed by atoms with van der Waals surface area (Å²) in [7, 11) is -6.82. The second-order valence-electron chi connectivity index (χ2n) is 6.24. The fraction of sp³-hybridized carbons (Fsp3) is 0.316. The molecule has 0 saturated carbocycles. The first-order valence-corrected chi connectivity index (χ1v) is 12.2. The summed E-state index contributed by atoms with van der Waals surface area (Å²) in [5.74, 6) is -0.471. The van der Waals surface area contributed by atoms with Crippen LogP contribution in [0.3, 0.4) is 0 Å². The molecule has 0 aliphatic rings. The lowest BCUT2D eigenvalue weighted by molar-refractivity contribution is 0.0953. The maximum absolute atomic E-state index is 12.2. The lowest BCUT2D eigenvalue weighted by atomic mass is 10.2. The molecule has 1 amide bonds. The Morgan fingerprint density at radius 1 is 0.929 bits per heavy atom. The summed E-state index contributed by atoms with van der Waals surface area (Å²) >= 11 is 0. The molecule has 0 unspecified atom stereocenters. The Morgan fingerprint density at radius 3 is 2.32 bits per heavy atom. The Kier molecular flexibility index (Phi) is 7.59. The molecular weight excluding hydrogens is 400 g/mol. The summed E-state index contributed by atoms with van der Waals surface area (Å²) in [4.78, 5) is 12.5. The number of hydrogen-bond donors (Lipinski definition) is 2. The van der Waals surface area contributed by atoms with Crippen molar-refractivity contribution in [1.82, 2.24) is 5.32 Å². The second-order valence-corrected chi connectivity index (χ2v) is 10.2. The molecule has 2 rings (SSSR count). The minimum atomic E-state index is -3.44. The van der Waals surface area contributed by atoms with Gasteiger partial charge in [0, 0.05) is 17.8 Å². The number of carbonyl (C=O) groups excluding carboxylic acids is 1. The third-order valence-corrected chi connectivity index (χ3v) is 7.16. The average Bonchev–Trinajstić information content (AvgIpc) is 2.65. The summed E-state index contributed by atoms with van der Waals surface area (Å²) in [6.45, 7) is 1.96. The Morgan fingerprint density at radius 2 is 1.64 bits per heavy atom. The van der Waals surface area contributed by atoms with E-state index in [4.69, 9.17) is 0 Å². The van der Waals surface area contributed by atoms with E-state index in [1.165, 1.54) is 6.07 Å². The highest BCUT2D eigenvalue weighted by Gasteiger charge is 2.14. The number of anilines is 1. The van der Waals surface area contributed by atoms with Crippen molar-refractivity contribution in [2.45, 2.75) is 24.7 Å². The van der Waals surface area contributed by atoms with Gasteiger partial charge >= 0.3 is 0 Å². The molecule has 28 heavy (non-hydrogen) atoms. The Bertz CT molecular complexity index is 1000. The topological polar surface area (TPSA) is 109 Å². The third-order valence-electron chi connectivity index (χ3n) is 3.85. The zero-order chi connectivity index (χ0) is 20.6. The lowest BCUT2D eigenvalue weighted by Gasteiger charge is -2.09. The molecule has 0 bridgehead atoms. The van der Waals surface area contributed by atoms with Gasteiger partial charge < -0.3 is 5.32 Å². The third kappa shape index (κ3) is 6.65. The van der Waals surface area contributed by atoms with Crippen molar-refractivity contribution in [2.75, 3.05) is 22.8 Å². The number of hydrogen-bond acceptors (Lipinski definition) is 5. The molecule has 0 heterocycles. The van der Waals surface area contributed by atoms with Crippen molar-refractivity contribution in [2.24, 2.45) is 0 Å². The van der Waals surface area contributed by atoms with E-state index in [2.05, 4.69) is 10.0 Å². The quantitative estimate of drug-likeness (QED) is 0.569. The van der Waals surface area contributed by atoms with Crippen LogP contribution in [0.1, 0.15) is 30.1 Å². The first kappa shape index (κ1) is 21.9. The van der Waals surface area contributed by atoms with Crippen LogP contribution in [0.15, 0.2) is 59.5 Å². The first-order chi connectivity index (χ1) is 13.2. The van der Waals surface area contributed by atoms with Crippen molar-refractivity contribution >= 4 is 31.5 Å². The molecule has 0 spiro atoms. The van der Waals surface area contributed by atoms with Crippen LogP contribution in [-0.2, 0) is 19.9 Å². The minimum absolute atomic E-state index is 0.000682. The van der Waals surface area contributed by atoms with E-state index in [0.717, 1.165) is 0 Å². The molecule has 2 aromatic rings. The highest BCUT2D eigenvalue weighted by molar-refractivity contribution is 7.92. The largest absolute Gasteiger partial charge is 0.352 e. The van der Waals surface area contributed by atoms with Gasteiger partial charge in [-0.3, -0.25) is 9.52 Å². The van der Waals surface area contributed by atoms with E-state index in [-0.39, 0.29) is 29.4 Å². The van der Waals surface area contributed by atoms with Crippen molar-refractivity contribution < 1.29 is 21.6 Å². The molecule has 9 heteroatoms. The molecule has 0 aliphatic heterocycles. The zero-order valence-corrected chi connectivity index (χ0v) is 17.2. The summed E-state index contributed by atoms with van der Waals surface area (Å²) in [5.41, 5.74) is 0.607. The van der Waals surface area contributed by atoms with Crippen LogP contribution >= 0.6 is 0 Å². The van der Waals surface area contributed by atoms with Gasteiger partial charge in [-0.25, -0.2) is 16.8 Å². The SMILES string of the molecule is CCCS(=O)(=O)Nc1cccc(C(=O)NCCCS(=O)(=O)c2ccccc2)c1. The molecule has 0 aromatic heterocycles. The van der Waals surface area contributed by atoms with Gasteiger partial charge in [-0.15, -0.1) is 0 Å². The maximum Gasteiger partial charge on any atom is 0.251 e. The molecule has 7 nitrogen and oxygen atoms in total. The molecule has 2 N–H and O–H groups in total. The smallest absolute Gasteiger partial charge is 0.251 e. The maximum atomic E-state index is 12.2. The summed E-state index contributed by atoms with van der Waals surface area (Å²) in [6, 6.07) is 14.3. The number of rotatable bonds is 10. The van der Waals surface area contributed by atoms with Gasteiger partial charge in [0.25, 0.3) is 5.91 Å². The molecule has 0 fully saturated rings. The number of nitrogens with one attached hydrogen (secondary N) is 2. The van der Waals surface area contributed by atoms with E-state index in [1.54, 1.807) is 55.5 Å². The van der Waals surface area contributed by atoms with Gasteiger partial charge in [0.2, 0.25) is 10.0 Å². The van der Waals surface area contributed by atoms with Crippen LogP contribution in [0.5, 0.6) is 0 Å². The van der Waals surface area contributed by atoms with E-state index in [1.807, 2.05) is 0 Å². The van der Waals surface area contributed by atoms with Gasteiger partial charge in [0.1, 0.15) is 0 Å². The number of sulfonamides is 1. The van der Waals surface area contributed by atoms with Crippen LogP contribution in [0.4, 0.5) is 5.69 Å². The van der Waals surface area contributed by atoms with Gasteiger partial charge in [-0.1, -0.05) is 31.2 Å². The summed E-state index contributed by atoms with van der Waals surface area (Å²) < 4.78 is 50.5. The van der Waals surface area contributed by atoms with Crippen LogP contribution in [-0.4, -0.2) is 40.8 Å². The van der Waals surface area contributed by atoms with E-state index in [9.17, 15) is 21.6 Å². The van der Waals surface area contributed by atoms with E-state index < -0.39 is 25.8 Å². The molecule has 2 aromatic carbocycles. The predicted octanol–water partition coefficient (Wildman–Crippen LogP) is 2.43. The fourth-order valence-corrected chi connectivity index (χ4v) is 4.99. The highest BCUT2D eigenvalue weighted by Crippen LogP contribution is 2.13. The van der Waals surface area contributed by atoms with Crippen LogP contribution in [0.2, 0.25) is 0 Å². The van der Waals surface area contributed by atoms with Gasteiger partial charge in [0.05, 0.1) is 16.4 Å². The van der Waals surface area contributed by atoms with E-state index in [0.29, 0.717) is 17.7 Å². The monoisotopic (exact) mass is 424 g/mol. The Hall–Kier alpha value is -2.39. The van der Waals surface area contributed by atoms with Crippen molar-refractivity contribution in [1.29, 1.82) is 0 Å². The van der Waals surface area contributed by atoms with E-state index >= 15 is 0 Å². The minimum Gasteiger partial charge on any atom is -0.352 e. The molecular formula is C19H24N2O5S2. The lowest BCUT2D eigenvalue weighted by Crippen LogP contribution is -2.26. The number of benzene rings is 2. The van der Waals surface area contributed by atoms with Crippen molar-refractivity contribution in [3.05, 3.63) is 60.2 Å². The number of amides is 1. The standard InChI is InChI=1S/C19H24N2O5S2/c1-2-13-28(25,26)21-17-9-6-8-16(15-17)19(22)20-12-7-14-27(23,24)18-10-4-3-5-11-18/h3-6,8-11,15,21H,2,7,12-14H2,1H3,(H,20,22). The van der Waals surface area contributed by atoms with Crippen molar-refractivity contribution in [3.63, 3.8) is 0 Å². The average molecular weight is 425 g/mol. The number of sulfone groups is 1. The molecule has 0 saturated heterocycles. The molecule has 0 aliphatic carbocycles. The summed E-state index contributed by atoms with van der Waals surface area (Å²) in [5, 5.41) is 2.66. The van der Waals surface area contributed by atoms with Gasteiger partial charge in [0.15, 0.2) is 9.84 Å². The molecule has 0 radical (unpaired) electrons. The first-order valence-electron chi connectivity index (χ1n) is 8.90. The Balaban J connectivity index is 1.89. The fourth-order valence-electron chi connectivity index (χ4n) is 2.54. The van der Waals surface area contributed by atoms with Crippen LogP contribution in [0, 0.1) is 0 Å².